The van der Waals surface area contributed by atoms with E-state index in [2.05, 4.69) is 31.2 Å². The second-order valence-electron chi connectivity index (χ2n) is 8.91. The molecule has 0 aromatic heterocycles. The van der Waals surface area contributed by atoms with Gasteiger partial charge in [-0.15, -0.1) is 6.42 Å². The van der Waals surface area contributed by atoms with E-state index in [9.17, 15) is 9.59 Å². The summed E-state index contributed by atoms with van der Waals surface area (Å²) in [5, 5.41) is 2.77. The van der Waals surface area contributed by atoms with Crippen LogP contribution in [0.3, 0.4) is 0 Å². The van der Waals surface area contributed by atoms with Crippen LogP contribution in [0, 0.1) is 12.3 Å². The fourth-order valence-corrected chi connectivity index (χ4v) is 4.66. The van der Waals surface area contributed by atoms with Gasteiger partial charge in [-0.25, -0.2) is 4.79 Å². The second kappa shape index (κ2) is 12.9. The molecule has 6 nitrogen and oxygen atoms in total. The van der Waals surface area contributed by atoms with Crippen LogP contribution in [0.4, 0.5) is 10.5 Å². The van der Waals surface area contributed by atoms with Crippen LogP contribution >= 0.6 is 0 Å². The Morgan fingerprint density at radius 3 is 2.49 bits per heavy atom. The standard InChI is InChI=1S/C29H36N2O4/c1-5-8-10-18-35-29(33)30-23-14-12-21(13-15-23)28-26-17-16-25(34-4)20-22(26)19-24(11-9-6-2)31(28)27(32)7-3/h3,12-17,20,24,28H,5-6,8-11,18-19H2,1-2,4H3,(H,30,33)/t24-,28-/m0/s1. The first-order valence-electron chi connectivity index (χ1n) is 12.5. The Kier molecular flexibility index (Phi) is 9.60. The minimum Gasteiger partial charge on any atom is -0.497 e. The van der Waals surface area contributed by atoms with Gasteiger partial charge in [0.05, 0.1) is 19.8 Å². The number of hydrogen-bond donors (Lipinski definition) is 1. The number of amides is 2. The molecule has 2 atom stereocenters. The topological polar surface area (TPSA) is 67.9 Å². The van der Waals surface area contributed by atoms with Crippen LogP contribution in [0.1, 0.15) is 75.1 Å². The Balaban J connectivity index is 1.90. The van der Waals surface area contributed by atoms with Gasteiger partial charge in [0.25, 0.3) is 5.91 Å². The average Bonchev–Trinajstić information content (AvgIpc) is 2.88. The zero-order chi connectivity index (χ0) is 25.2. The molecule has 186 valence electrons. The van der Waals surface area contributed by atoms with Crippen molar-refractivity contribution in [3.05, 3.63) is 59.2 Å². The quantitative estimate of drug-likeness (QED) is 0.332. The number of nitrogens with one attached hydrogen (secondary N) is 1. The van der Waals surface area contributed by atoms with Crippen molar-refractivity contribution in [1.29, 1.82) is 0 Å². The first kappa shape index (κ1) is 26.2. The zero-order valence-electron chi connectivity index (χ0n) is 21.0. The normalized spacial score (nSPS) is 16.7. The number of unbranched alkanes of at least 4 members (excludes halogenated alkanes) is 3. The predicted octanol–water partition coefficient (Wildman–Crippen LogP) is 6.10. The fourth-order valence-electron chi connectivity index (χ4n) is 4.66. The van der Waals surface area contributed by atoms with Crippen LogP contribution in [0.2, 0.25) is 0 Å². The molecule has 0 saturated carbocycles. The lowest BCUT2D eigenvalue weighted by Gasteiger charge is -2.43. The van der Waals surface area contributed by atoms with Gasteiger partial charge in [0.1, 0.15) is 5.75 Å². The molecule has 1 aliphatic heterocycles. The van der Waals surface area contributed by atoms with Crippen molar-refractivity contribution >= 4 is 17.7 Å². The fraction of sp³-hybridized carbons (Fsp3) is 0.448. The van der Waals surface area contributed by atoms with E-state index in [0.29, 0.717) is 12.3 Å². The molecule has 0 unspecified atom stereocenters. The third-order valence-electron chi connectivity index (χ3n) is 6.47. The highest BCUT2D eigenvalue weighted by atomic mass is 16.5. The number of fused-ring (bicyclic) bond motifs is 1. The molecule has 1 aliphatic rings. The Morgan fingerprint density at radius 1 is 1.09 bits per heavy atom. The SMILES string of the molecule is C#CC(=O)N1[C@@H](CCCC)Cc2cc(OC)ccc2[C@@H]1c1ccc(NC(=O)OCCCCC)cc1. The Morgan fingerprint density at radius 2 is 1.83 bits per heavy atom. The highest BCUT2D eigenvalue weighted by molar-refractivity contribution is 5.94. The van der Waals surface area contributed by atoms with Crippen molar-refractivity contribution in [3.63, 3.8) is 0 Å². The third-order valence-corrected chi connectivity index (χ3v) is 6.47. The van der Waals surface area contributed by atoms with E-state index in [1.54, 1.807) is 7.11 Å². The Hall–Kier alpha value is -3.46. The molecule has 1 heterocycles. The Bertz CT molecular complexity index is 1040. The van der Waals surface area contributed by atoms with Gasteiger partial charge in [0.15, 0.2) is 0 Å². The summed E-state index contributed by atoms with van der Waals surface area (Å²) in [4.78, 5) is 27.0. The molecule has 0 radical (unpaired) electrons. The minimum absolute atomic E-state index is 0.000920. The summed E-state index contributed by atoms with van der Waals surface area (Å²) in [7, 11) is 1.66. The molecular formula is C29H36N2O4. The van der Waals surface area contributed by atoms with Crippen molar-refractivity contribution < 1.29 is 19.1 Å². The summed E-state index contributed by atoms with van der Waals surface area (Å²) in [6.45, 7) is 4.65. The van der Waals surface area contributed by atoms with Gasteiger partial charge in [-0.3, -0.25) is 10.1 Å². The highest BCUT2D eigenvalue weighted by Crippen LogP contribution is 2.40. The van der Waals surface area contributed by atoms with E-state index in [0.717, 1.165) is 67.4 Å². The number of terminal acetylenes is 1. The molecule has 35 heavy (non-hydrogen) atoms. The molecule has 0 saturated heterocycles. The van der Waals surface area contributed by atoms with Crippen LogP contribution in [-0.4, -0.2) is 36.7 Å². The molecule has 2 aromatic carbocycles. The number of carbonyl (C=O) groups excluding carboxylic acids is 2. The molecule has 1 N–H and O–H groups in total. The van der Waals surface area contributed by atoms with Gasteiger partial charge < -0.3 is 14.4 Å². The third kappa shape index (κ3) is 6.57. The lowest BCUT2D eigenvalue weighted by molar-refractivity contribution is -0.130. The molecule has 2 amide bonds. The number of hydrogen-bond acceptors (Lipinski definition) is 4. The van der Waals surface area contributed by atoms with Gasteiger partial charge in [-0.1, -0.05) is 57.7 Å². The average molecular weight is 477 g/mol. The van der Waals surface area contributed by atoms with E-state index >= 15 is 0 Å². The lowest BCUT2D eigenvalue weighted by atomic mass is 9.83. The molecule has 0 bridgehead atoms. The minimum atomic E-state index is -0.465. The second-order valence-corrected chi connectivity index (χ2v) is 8.91. The summed E-state index contributed by atoms with van der Waals surface area (Å²) in [6.07, 6.45) is 11.8. The first-order chi connectivity index (χ1) is 17.0. The zero-order valence-corrected chi connectivity index (χ0v) is 21.0. The summed E-state index contributed by atoms with van der Waals surface area (Å²) >= 11 is 0. The summed E-state index contributed by atoms with van der Waals surface area (Å²) in [5.74, 6) is 2.84. The lowest BCUT2D eigenvalue weighted by Crippen LogP contribution is -2.47. The van der Waals surface area contributed by atoms with Crippen LogP contribution < -0.4 is 10.1 Å². The van der Waals surface area contributed by atoms with Crippen molar-refractivity contribution in [2.75, 3.05) is 19.0 Å². The summed E-state index contributed by atoms with van der Waals surface area (Å²) in [6, 6.07) is 13.2. The maximum absolute atomic E-state index is 13.0. The first-order valence-corrected chi connectivity index (χ1v) is 12.5. The number of carbonyl (C=O) groups is 2. The number of ether oxygens (including phenoxy) is 2. The molecule has 6 heteroatoms. The predicted molar refractivity (Wildman–Crippen MR) is 138 cm³/mol. The van der Waals surface area contributed by atoms with E-state index in [4.69, 9.17) is 15.9 Å². The van der Waals surface area contributed by atoms with Crippen molar-refractivity contribution in [2.45, 2.75) is 70.9 Å². The smallest absolute Gasteiger partial charge is 0.411 e. The van der Waals surface area contributed by atoms with Crippen molar-refractivity contribution in [3.8, 4) is 18.1 Å². The number of methoxy groups -OCH3 is 1. The number of nitrogens with zero attached hydrogens (tertiary/aromatic N) is 1. The summed E-state index contributed by atoms with van der Waals surface area (Å²) < 4.78 is 10.7. The number of anilines is 1. The van der Waals surface area contributed by atoms with Crippen LogP contribution in [0.5, 0.6) is 5.75 Å². The van der Waals surface area contributed by atoms with Crippen molar-refractivity contribution in [1.82, 2.24) is 4.90 Å². The monoisotopic (exact) mass is 476 g/mol. The maximum Gasteiger partial charge on any atom is 0.411 e. The molecule has 3 rings (SSSR count). The van der Waals surface area contributed by atoms with Crippen molar-refractivity contribution in [2.24, 2.45) is 0 Å². The Labute approximate surface area is 209 Å². The van der Waals surface area contributed by atoms with E-state index in [1.807, 2.05) is 41.3 Å². The maximum atomic E-state index is 13.0. The van der Waals surface area contributed by atoms with Gasteiger partial charge in [0, 0.05) is 11.7 Å². The highest BCUT2D eigenvalue weighted by Gasteiger charge is 2.37. The number of rotatable bonds is 10. The van der Waals surface area contributed by atoms with Crippen LogP contribution in [0.15, 0.2) is 42.5 Å². The van der Waals surface area contributed by atoms with E-state index < -0.39 is 6.09 Å². The largest absolute Gasteiger partial charge is 0.497 e. The van der Waals surface area contributed by atoms with E-state index in [-0.39, 0.29) is 18.0 Å². The molecule has 0 spiro atoms. The molecule has 2 aromatic rings. The molecular weight excluding hydrogens is 440 g/mol. The molecule has 0 aliphatic carbocycles. The van der Waals surface area contributed by atoms with E-state index in [1.165, 1.54) is 0 Å². The number of benzene rings is 2. The van der Waals surface area contributed by atoms with Gasteiger partial charge in [-0.05, 0) is 66.1 Å². The van der Waals surface area contributed by atoms with Gasteiger partial charge in [-0.2, -0.15) is 0 Å². The van der Waals surface area contributed by atoms with Gasteiger partial charge in [0.2, 0.25) is 0 Å². The molecule has 0 fully saturated rings. The summed E-state index contributed by atoms with van der Waals surface area (Å²) in [5.41, 5.74) is 3.77. The van der Waals surface area contributed by atoms with Crippen LogP contribution in [-0.2, 0) is 16.0 Å². The van der Waals surface area contributed by atoms with Gasteiger partial charge >= 0.3 is 6.09 Å². The van der Waals surface area contributed by atoms with Crippen LogP contribution in [0.25, 0.3) is 0 Å².